The molecule has 3 heteroatoms. The van der Waals surface area contributed by atoms with Gasteiger partial charge >= 0.3 is 0 Å². The molecule has 22 heavy (non-hydrogen) atoms. The third-order valence-corrected chi connectivity index (χ3v) is 3.72. The summed E-state index contributed by atoms with van der Waals surface area (Å²) >= 11 is 0. The van der Waals surface area contributed by atoms with Gasteiger partial charge in [0, 0.05) is 13.6 Å². The van der Waals surface area contributed by atoms with Gasteiger partial charge in [-0.25, -0.2) is 0 Å². The average Bonchev–Trinajstić information content (AvgIpc) is 2.54. The highest BCUT2D eigenvalue weighted by atomic mass is 16.5. The molecule has 0 bridgehead atoms. The summed E-state index contributed by atoms with van der Waals surface area (Å²) in [4.78, 5) is 13.8. The van der Waals surface area contributed by atoms with E-state index in [1.54, 1.807) is 11.9 Å². The van der Waals surface area contributed by atoms with Crippen molar-refractivity contribution < 1.29 is 9.53 Å². The van der Waals surface area contributed by atoms with Crippen LogP contribution in [0.25, 0.3) is 0 Å². The van der Waals surface area contributed by atoms with E-state index in [1.807, 2.05) is 31.2 Å². The number of hydrogen-bond acceptors (Lipinski definition) is 2. The molecule has 0 saturated carbocycles. The van der Waals surface area contributed by atoms with Crippen LogP contribution in [-0.2, 0) is 17.8 Å². The van der Waals surface area contributed by atoms with Crippen LogP contribution in [0.15, 0.2) is 48.5 Å². The number of hydrogen-bond donors (Lipinski definition) is 0. The number of ether oxygens (including phenoxy) is 1. The Labute approximate surface area is 132 Å². The molecule has 0 atom stereocenters. The van der Waals surface area contributed by atoms with Crippen LogP contribution in [0, 0.1) is 6.92 Å². The SMILES string of the molecule is CCc1ccc(CN(C)C(=O)COc2ccccc2C)cc1. The Morgan fingerprint density at radius 3 is 2.32 bits per heavy atom. The first kappa shape index (κ1) is 16.1. The van der Waals surface area contributed by atoms with Gasteiger partial charge in [0.25, 0.3) is 5.91 Å². The van der Waals surface area contributed by atoms with E-state index >= 15 is 0 Å². The van der Waals surface area contributed by atoms with Crippen molar-refractivity contribution in [3.63, 3.8) is 0 Å². The molecule has 0 aliphatic carbocycles. The summed E-state index contributed by atoms with van der Waals surface area (Å²) in [5.74, 6) is 0.736. The Hall–Kier alpha value is -2.29. The highest BCUT2D eigenvalue weighted by molar-refractivity contribution is 5.77. The van der Waals surface area contributed by atoms with Gasteiger partial charge < -0.3 is 9.64 Å². The lowest BCUT2D eigenvalue weighted by Crippen LogP contribution is -2.31. The molecule has 3 nitrogen and oxygen atoms in total. The second kappa shape index (κ2) is 7.64. The first-order chi connectivity index (χ1) is 10.6. The fraction of sp³-hybridized carbons (Fsp3) is 0.316. The van der Waals surface area contributed by atoms with E-state index in [0.717, 1.165) is 23.3 Å². The fourth-order valence-corrected chi connectivity index (χ4v) is 2.21. The number of benzene rings is 2. The van der Waals surface area contributed by atoms with Crippen molar-refractivity contribution in [2.45, 2.75) is 26.8 Å². The average molecular weight is 297 g/mol. The van der Waals surface area contributed by atoms with E-state index in [2.05, 4.69) is 31.2 Å². The molecule has 2 aromatic carbocycles. The molecule has 0 aromatic heterocycles. The summed E-state index contributed by atoms with van der Waals surface area (Å²) in [5.41, 5.74) is 3.47. The van der Waals surface area contributed by atoms with Crippen LogP contribution in [0.1, 0.15) is 23.6 Å². The topological polar surface area (TPSA) is 29.5 Å². The van der Waals surface area contributed by atoms with E-state index in [1.165, 1.54) is 5.56 Å². The number of rotatable bonds is 6. The van der Waals surface area contributed by atoms with Crippen molar-refractivity contribution in [1.82, 2.24) is 4.90 Å². The van der Waals surface area contributed by atoms with Gasteiger partial charge in [-0.3, -0.25) is 4.79 Å². The minimum Gasteiger partial charge on any atom is -0.484 e. The molecule has 0 heterocycles. The zero-order valence-electron chi connectivity index (χ0n) is 13.5. The summed E-state index contributed by atoms with van der Waals surface area (Å²) in [5, 5.41) is 0. The summed E-state index contributed by atoms with van der Waals surface area (Å²) in [6.45, 7) is 4.76. The van der Waals surface area contributed by atoms with Crippen LogP contribution in [0.3, 0.4) is 0 Å². The molecule has 0 unspecified atom stereocenters. The zero-order chi connectivity index (χ0) is 15.9. The molecule has 1 amide bonds. The van der Waals surface area contributed by atoms with Gasteiger partial charge in [-0.2, -0.15) is 0 Å². The molecule has 2 aromatic rings. The highest BCUT2D eigenvalue weighted by Crippen LogP contribution is 2.16. The largest absolute Gasteiger partial charge is 0.484 e. The molecule has 0 saturated heterocycles. The van der Waals surface area contributed by atoms with Crippen LogP contribution >= 0.6 is 0 Å². The van der Waals surface area contributed by atoms with E-state index in [-0.39, 0.29) is 12.5 Å². The molecule has 2 rings (SSSR count). The number of amides is 1. The quantitative estimate of drug-likeness (QED) is 0.815. The monoisotopic (exact) mass is 297 g/mol. The van der Waals surface area contributed by atoms with E-state index in [0.29, 0.717) is 6.54 Å². The standard InChI is InChI=1S/C19H23NO2/c1-4-16-9-11-17(12-10-16)13-20(3)19(21)14-22-18-8-6-5-7-15(18)2/h5-12H,4,13-14H2,1-3H3. The molecule has 0 fully saturated rings. The maximum atomic E-state index is 12.2. The van der Waals surface area contributed by atoms with E-state index in [9.17, 15) is 4.79 Å². The van der Waals surface area contributed by atoms with Crippen molar-refractivity contribution in [3.05, 3.63) is 65.2 Å². The Balaban J connectivity index is 1.87. The van der Waals surface area contributed by atoms with Crippen LogP contribution in [0.5, 0.6) is 5.75 Å². The van der Waals surface area contributed by atoms with Crippen LogP contribution in [0.2, 0.25) is 0 Å². The summed E-state index contributed by atoms with van der Waals surface area (Å²) < 4.78 is 5.60. The number of aryl methyl sites for hydroxylation is 2. The van der Waals surface area contributed by atoms with E-state index in [4.69, 9.17) is 4.74 Å². The first-order valence-corrected chi connectivity index (χ1v) is 7.60. The van der Waals surface area contributed by atoms with Crippen molar-refractivity contribution >= 4 is 5.91 Å². The minimum absolute atomic E-state index is 0.0252. The lowest BCUT2D eigenvalue weighted by molar-refractivity contribution is -0.132. The maximum absolute atomic E-state index is 12.2. The van der Waals surface area contributed by atoms with E-state index < -0.39 is 0 Å². The first-order valence-electron chi connectivity index (χ1n) is 7.60. The lowest BCUT2D eigenvalue weighted by Gasteiger charge is -2.18. The molecule has 116 valence electrons. The fourth-order valence-electron chi connectivity index (χ4n) is 2.21. The smallest absolute Gasteiger partial charge is 0.260 e. The van der Waals surface area contributed by atoms with Gasteiger partial charge in [0.1, 0.15) is 5.75 Å². The molecule has 0 aliphatic heterocycles. The second-order valence-electron chi connectivity index (χ2n) is 5.47. The van der Waals surface area contributed by atoms with Crippen LogP contribution < -0.4 is 4.74 Å². The van der Waals surface area contributed by atoms with Gasteiger partial charge in [0.2, 0.25) is 0 Å². The van der Waals surface area contributed by atoms with Crippen molar-refractivity contribution in [2.75, 3.05) is 13.7 Å². The van der Waals surface area contributed by atoms with Crippen molar-refractivity contribution in [1.29, 1.82) is 0 Å². The minimum atomic E-state index is -0.0252. The Kier molecular flexibility index (Phi) is 5.59. The number of nitrogens with zero attached hydrogens (tertiary/aromatic N) is 1. The van der Waals surface area contributed by atoms with Crippen LogP contribution in [0.4, 0.5) is 0 Å². The van der Waals surface area contributed by atoms with Crippen molar-refractivity contribution in [2.24, 2.45) is 0 Å². The van der Waals surface area contributed by atoms with Gasteiger partial charge in [-0.1, -0.05) is 49.4 Å². The van der Waals surface area contributed by atoms with Crippen LogP contribution in [-0.4, -0.2) is 24.5 Å². The Morgan fingerprint density at radius 2 is 1.68 bits per heavy atom. The van der Waals surface area contributed by atoms with Gasteiger partial charge in [0.05, 0.1) is 0 Å². The molecule has 0 radical (unpaired) electrons. The van der Waals surface area contributed by atoms with Gasteiger partial charge in [0.15, 0.2) is 6.61 Å². The number of carbonyl (C=O) groups is 1. The zero-order valence-corrected chi connectivity index (χ0v) is 13.5. The van der Waals surface area contributed by atoms with Gasteiger partial charge in [-0.05, 0) is 36.1 Å². The Morgan fingerprint density at radius 1 is 1.05 bits per heavy atom. The molecule has 0 N–H and O–H groups in total. The van der Waals surface area contributed by atoms with Crippen molar-refractivity contribution in [3.8, 4) is 5.75 Å². The maximum Gasteiger partial charge on any atom is 0.260 e. The predicted molar refractivity (Wildman–Crippen MR) is 89.0 cm³/mol. The summed E-state index contributed by atoms with van der Waals surface area (Å²) in [6, 6.07) is 16.1. The normalized spacial score (nSPS) is 10.3. The highest BCUT2D eigenvalue weighted by Gasteiger charge is 2.10. The predicted octanol–water partition coefficient (Wildman–Crippen LogP) is 3.59. The lowest BCUT2D eigenvalue weighted by atomic mass is 10.1. The molecule has 0 aliphatic rings. The molecular weight excluding hydrogens is 274 g/mol. The molecular formula is C19H23NO2. The third-order valence-electron chi connectivity index (χ3n) is 3.72. The Bertz CT molecular complexity index is 620. The number of para-hydroxylation sites is 1. The number of likely N-dealkylation sites (N-methyl/N-ethyl adjacent to an activating group) is 1. The summed E-state index contributed by atoms with van der Waals surface area (Å²) in [6.07, 6.45) is 1.03. The summed E-state index contributed by atoms with van der Waals surface area (Å²) in [7, 11) is 1.80. The third kappa shape index (κ3) is 4.35. The number of carbonyl (C=O) groups excluding carboxylic acids is 1. The molecule has 0 spiro atoms. The van der Waals surface area contributed by atoms with Gasteiger partial charge in [-0.15, -0.1) is 0 Å². The second-order valence-corrected chi connectivity index (χ2v) is 5.47.